The highest BCUT2D eigenvalue weighted by Crippen LogP contribution is 2.21. The Morgan fingerprint density at radius 3 is 2.76 bits per heavy atom. The third-order valence-electron chi connectivity index (χ3n) is 3.08. The van der Waals surface area contributed by atoms with Crippen molar-refractivity contribution in [3.63, 3.8) is 0 Å². The molecule has 4 heteroatoms. The SMILES string of the molecule is Cc1ccc(N2CC(CCCO)C(=O)N2)cc1. The molecule has 0 saturated carbocycles. The summed E-state index contributed by atoms with van der Waals surface area (Å²) in [6, 6.07) is 8.07. The molecule has 0 aromatic heterocycles. The minimum absolute atomic E-state index is 0.0107. The maximum Gasteiger partial charge on any atom is 0.243 e. The van der Waals surface area contributed by atoms with Crippen molar-refractivity contribution in [1.82, 2.24) is 5.43 Å². The molecule has 17 heavy (non-hydrogen) atoms. The average Bonchev–Trinajstić information content (AvgIpc) is 2.69. The predicted molar refractivity (Wildman–Crippen MR) is 66.5 cm³/mol. The Kier molecular flexibility index (Phi) is 3.64. The smallest absolute Gasteiger partial charge is 0.243 e. The molecule has 1 aromatic carbocycles. The van der Waals surface area contributed by atoms with Crippen LogP contribution in [0.5, 0.6) is 0 Å². The van der Waals surface area contributed by atoms with E-state index in [1.807, 2.05) is 36.2 Å². The lowest BCUT2D eigenvalue weighted by atomic mass is 10.0. The summed E-state index contributed by atoms with van der Waals surface area (Å²) in [5.74, 6) is 0.0440. The molecule has 4 nitrogen and oxygen atoms in total. The van der Waals surface area contributed by atoms with Crippen molar-refractivity contribution in [3.8, 4) is 0 Å². The van der Waals surface area contributed by atoms with Crippen molar-refractivity contribution in [2.24, 2.45) is 5.92 Å². The number of hydrazine groups is 1. The topological polar surface area (TPSA) is 52.6 Å². The molecule has 1 unspecified atom stereocenters. The summed E-state index contributed by atoms with van der Waals surface area (Å²) in [6.07, 6.45) is 1.42. The van der Waals surface area contributed by atoms with Gasteiger partial charge in [0.25, 0.3) is 0 Å². The van der Waals surface area contributed by atoms with Gasteiger partial charge < -0.3 is 5.11 Å². The van der Waals surface area contributed by atoms with Gasteiger partial charge in [-0.15, -0.1) is 0 Å². The Hall–Kier alpha value is -1.55. The average molecular weight is 234 g/mol. The number of rotatable bonds is 4. The fraction of sp³-hybridized carbons (Fsp3) is 0.462. The van der Waals surface area contributed by atoms with E-state index in [0.29, 0.717) is 13.0 Å². The first-order valence-electron chi connectivity index (χ1n) is 5.96. The molecule has 92 valence electrons. The van der Waals surface area contributed by atoms with E-state index in [9.17, 15) is 4.79 Å². The summed E-state index contributed by atoms with van der Waals surface area (Å²) in [4.78, 5) is 11.7. The first kappa shape index (κ1) is 11.9. The molecule has 0 aliphatic carbocycles. The number of carbonyl (C=O) groups excluding carboxylic acids is 1. The van der Waals surface area contributed by atoms with Crippen molar-refractivity contribution >= 4 is 11.6 Å². The second kappa shape index (κ2) is 5.19. The number of nitrogens with zero attached hydrogens (tertiary/aromatic N) is 1. The van der Waals surface area contributed by atoms with Gasteiger partial charge in [-0.3, -0.25) is 15.2 Å². The van der Waals surface area contributed by atoms with Gasteiger partial charge in [0.15, 0.2) is 0 Å². The van der Waals surface area contributed by atoms with Gasteiger partial charge in [0.1, 0.15) is 0 Å². The number of anilines is 1. The van der Waals surface area contributed by atoms with Crippen molar-refractivity contribution in [3.05, 3.63) is 29.8 Å². The van der Waals surface area contributed by atoms with E-state index in [4.69, 9.17) is 5.11 Å². The predicted octanol–water partition coefficient (Wildman–Crippen LogP) is 1.23. The molecule has 0 radical (unpaired) electrons. The number of carbonyl (C=O) groups is 1. The summed E-state index contributed by atoms with van der Waals surface area (Å²) in [5, 5.41) is 10.7. The first-order valence-corrected chi connectivity index (χ1v) is 5.96. The Bertz CT molecular complexity index is 389. The first-order chi connectivity index (χ1) is 8.20. The molecule has 1 amide bonds. The van der Waals surface area contributed by atoms with E-state index in [-0.39, 0.29) is 18.4 Å². The van der Waals surface area contributed by atoms with Gasteiger partial charge in [0.2, 0.25) is 5.91 Å². The van der Waals surface area contributed by atoms with Crippen LogP contribution in [0.15, 0.2) is 24.3 Å². The maximum absolute atomic E-state index is 11.7. The van der Waals surface area contributed by atoms with Crippen molar-refractivity contribution in [2.75, 3.05) is 18.2 Å². The number of amides is 1. The number of nitrogens with one attached hydrogen (secondary N) is 1. The van der Waals surface area contributed by atoms with Gasteiger partial charge in [-0.1, -0.05) is 17.7 Å². The van der Waals surface area contributed by atoms with E-state index in [1.165, 1.54) is 5.56 Å². The number of aliphatic hydroxyl groups is 1. The normalized spacial score (nSPS) is 19.5. The highest BCUT2D eigenvalue weighted by molar-refractivity contribution is 5.84. The Morgan fingerprint density at radius 2 is 2.12 bits per heavy atom. The third kappa shape index (κ3) is 2.77. The number of aliphatic hydroxyl groups excluding tert-OH is 1. The molecular weight excluding hydrogens is 216 g/mol. The van der Waals surface area contributed by atoms with Gasteiger partial charge in [0.05, 0.1) is 18.2 Å². The van der Waals surface area contributed by atoms with Crippen LogP contribution in [0.4, 0.5) is 5.69 Å². The number of benzene rings is 1. The highest BCUT2D eigenvalue weighted by atomic mass is 16.3. The van der Waals surface area contributed by atoms with Crippen molar-refractivity contribution < 1.29 is 9.90 Å². The van der Waals surface area contributed by atoms with E-state index in [1.54, 1.807) is 0 Å². The Morgan fingerprint density at radius 1 is 1.41 bits per heavy atom. The zero-order chi connectivity index (χ0) is 12.3. The largest absolute Gasteiger partial charge is 0.396 e. The molecule has 0 bridgehead atoms. The van der Waals surface area contributed by atoms with Crippen LogP contribution in [-0.4, -0.2) is 24.2 Å². The van der Waals surface area contributed by atoms with Crippen LogP contribution in [0.3, 0.4) is 0 Å². The van der Waals surface area contributed by atoms with E-state index in [2.05, 4.69) is 5.43 Å². The van der Waals surface area contributed by atoms with Crippen LogP contribution in [0.25, 0.3) is 0 Å². The molecule has 2 rings (SSSR count). The highest BCUT2D eigenvalue weighted by Gasteiger charge is 2.29. The molecule has 1 atom stereocenters. The quantitative estimate of drug-likeness (QED) is 0.824. The molecule has 1 aliphatic rings. The van der Waals surface area contributed by atoms with Crippen molar-refractivity contribution in [2.45, 2.75) is 19.8 Å². The van der Waals surface area contributed by atoms with Crippen LogP contribution in [-0.2, 0) is 4.79 Å². The molecule has 1 fully saturated rings. The van der Waals surface area contributed by atoms with Gasteiger partial charge >= 0.3 is 0 Å². The van der Waals surface area contributed by atoms with Crippen LogP contribution in [0.2, 0.25) is 0 Å². The van der Waals surface area contributed by atoms with E-state index >= 15 is 0 Å². The van der Waals surface area contributed by atoms with Crippen molar-refractivity contribution in [1.29, 1.82) is 0 Å². The molecular formula is C13H18N2O2. The fourth-order valence-corrected chi connectivity index (χ4v) is 2.03. The van der Waals surface area contributed by atoms with E-state index in [0.717, 1.165) is 12.1 Å². The summed E-state index contributed by atoms with van der Waals surface area (Å²) in [7, 11) is 0. The van der Waals surface area contributed by atoms with Crippen LogP contribution in [0.1, 0.15) is 18.4 Å². The molecule has 0 spiro atoms. The molecule has 1 aliphatic heterocycles. The van der Waals surface area contributed by atoms with Gasteiger partial charge in [-0.2, -0.15) is 0 Å². The lowest BCUT2D eigenvalue weighted by Crippen LogP contribution is -2.32. The third-order valence-corrected chi connectivity index (χ3v) is 3.08. The zero-order valence-electron chi connectivity index (χ0n) is 10.0. The van der Waals surface area contributed by atoms with E-state index < -0.39 is 0 Å². The fourth-order valence-electron chi connectivity index (χ4n) is 2.03. The van der Waals surface area contributed by atoms with Crippen LogP contribution < -0.4 is 10.4 Å². The Balaban J connectivity index is 2.00. The minimum Gasteiger partial charge on any atom is -0.396 e. The van der Waals surface area contributed by atoms with Gasteiger partial charge in [-0.05, 0) is 31.9 Å². The minimum atomic E-state index is -0.0107. The summed E-state index contributed by atoms with van der Waals surface area (Å²) >= 11 is 0. The second-order valence-corrected chi connectivity index (χ2v) is 4.48. The summed E-state index contributed by atoms with van der Waals surface area (Å²) < 4.78 is 0. The van der Waals surface area contributed by atoms with Crippen LogP contribution >= 0.6 is 0 Å². The monoisotopic (exact) mass is 234 g/mol. The van der Waals surface area contributed by atoms with Crippen LogP contribution in [0, 0.1) is 12.8 Å². The van der Waals surface area contributed by atoms with Gasteiger partial charge in [0, 0.05) is 6.61 Å². The number of hydrogen-bond donors (Lipinski definition) is 2. The number of hydrogen-bond acceptors (Lipinski definition) is 3. The standard InChI is InChI=1S/C13H18N2O2/c1-10-4-6-12(7-5-10)15-9-11(3-2-8-16)13(17)14-15/h4-7,11,16H,2-3,8-9H2,1H3,(H,14,17). The summed E-state index contributed by atoms with van der Waals surface area (Å²) in [6.45, 7) is 2.87. The van der Waals surface area contributed by atoms with Gasteiger partial charge in [-0.25, -0.2) is 0 Å². The molecule has 1 saturated heterocycles. The zero-order valence-corrected chi connectivity index (χ0v) is 10.0. The lowest BCUT2D eigenvalue weighted by Gasteiger charge is -2.17. The second-order valence-electron chi connectivity index (χ2n) is 4.48. The lowest BCUT2D eigenvalue weighted by molar-refractivity contribution is -0.122. The number of aryl methyl sites for hydroxylation is 1. The Labute approximate surface area is 101 Å². The maximum atomic E-state index is 11.7. The summed E-state index contributed by atoms with van der Waals surface area (Å²) in [5.41, 5.74) is 5.08. The molecule has 1 aromatic rings. The molecule has 2 N–H and O–H groups in total. The molecule has 1 heterocycles.